The van der Waals surface area contributed by atoms with E-state index in [4.69, 9.17) is 4.74 Å². The maximum Gasteiger partial charge on any atom is 0.145 e. The molecular formula is C14H24N2O. The van der Waals surface area contributed by atoms with Gasteiger partial charge in [-0.05, 0) is 51.1 Å². The van der Waals surface area contributed by atoms with Crippen LogP contribution in [0.15, 0.2) is 12.1 Å². The van der Waals surface area contributed by atoms with Crippen molar-refractivity contribution in [2.75, 3.05) is 39.2 Å². The van der Waals surface area contributed by atoms with E-state index in [2.05, 4.69) is 43.2 Å². The monoisotopic (exact) mass is 236 g/mol. The van der Waals surface area contributed by atoms with Crippen LogP contribution < -0.4 is 15.0 Å². The van der Waals surface area contributed by atoms with E-state index in [1.54, 1.807) is 7.11 Å². The fourth-order valence-electron chi connectivity index (χ4n) is 2.09. The van der Waals surface area contributed by atoms with Crippen LogP contribution in [-0.4, -0.2) is 34.3 Å². The summed E-state index contributed by atoms with van der Waals surface area (Å²) < 4.78 is 5.50. The number of benzene rings is 1. The number of ether oxygens (including phenoxy) is 1. The second-order valence-corrected chi connectivity index (χ2v) is 4.51. The molecule has 0 aliphatic carbocycles. The molecule has 0 atom stereocenters. The summed E-state index contributed by atoms with van der Waals surface area (Å²) in [6.45, 7) is 6.28. The largest absolute Gasteiger partial charge is 0.494 e. The molecule has 3 heteroatoms. The summed E-state index contributed by atoms with van der Waals surface area (Å²) in [6, 6.07) is 4.34. The van der Waals surface area contributed by atoms with Crippen molar-refractivity contribution in [2.45, 2.75) is 20.3 Å². The van der Waals surface area contributed by atoms with Gasteiger partial charge in [0.25, 0.3) is 0 Å². The second kappa shape index (κ2) is 6.50. The third-order valence-corrected chi connectivity index (χ3v) is 2.94. The molecule has 0 aromatic heterocycles. The highest BCUT2D eigenvalue weighted by Crippen LogP contribution is 2.32. The summed E-state index contributed by atoms with van der Waals surface area (Å²) in [4.78, 5) is 2.26. The van der Waals surface area contributed by atoms with E-state index in [0.717, 1.165) is 25.3 Å². The highest BCUT2D eigenvalue weighted by molar-refractivity contribution is 5.63. The van der Waals surface area contributed by atoms with Crippen molar-refractivity contribution in [3.63, 3.8) is 0 Å². The number of nitrogens with one attached hydrogen (secondary N) is 1. The zero-order valence-electron chi connectivity index (χ0n) is 11.6. The number of nitrogens with zero attached hydrogens (tertiary/aromatic N) is 1. The first-order chi connectivity index (χ1) is 8.10. The lowest BCUT2D eigenvalue weighted by Crippen LogP contribution is -2.23. The summed E-state index contributed by atoms with van der Waals surface area (Å²) >= 11 is 0. The Balaban J connectivity index is 2.87. The van der Waals surface area contributed by atoms with Crippen molar-refractivity contribution >= 4 is 5.69 Å². The Labute approximate surface area is 105 Å². The number of rotatable bonds is 6. The first-order valence-corrected chi connectivity index (χ1v) is 6.11. The summed E-state index contributed by atoms with van der Waals surface area (Å²) in [6.07, 6.45) is 1.13. The minimum atomic E-state index is 0.988. The van der Waals surface area contributed by atoms with Crippen LogP contribution in [0.1, 0.15) is 17.5 Å². The van der Waals surface area contributed by atoms with Crippen molar-refractivity contribution in [1.82, 2.24) is 5.32 Å². The van der Waals surface area contributed by atoms with Crippen LogP contribution in [-0.2, 0) is 0 Å². The van der Waals surface area contributed by atoms with Crippen molar-refractivity contribution in [2.24, 2.45) is 0 Å². The normalized spacial score (nSPS) is 10.4. The lowest BCUT2D eigenvalue weighted by Gasteiger charge is -2.23. The van der Waals surface area contributed by atoms with E-state index in [1.165, 1.54) is 16.8 Å². The topological polar surface area (TPSA) is 24.5 Å². The third-order valence-electron chi connectivity index (χ3n) is 2.94. The molecule has 0 unspecified atom stereocenters. The van der Waals surface area contributed by atoms with Crippen LogP contribution in [0.3, 0.4) is 0 Å². The maximum atomic E-state index is 5.50. The lowest BCUT2D eigenvalue weighted by atomic mass is 10.1. The van der Waals surface area contributed by atoms with Gasteiger partial charge in [0.1, 0.15) is 5.75 Å². The van der Waals surface area contributed by atoms with Gasteiger partial charge < -0.3 is 15.0 Å². The van der Waals surface area contributed by atoms with Crippen LogP contribution in [0.4, 0.5) is 5.69 Å². The molecular weight excluding hydrogens is 212 g/mol. The average Bonchev–Trinajstić information content (AvgIpc) is 2.28. The summed E-state index contributed by atoms with van der Waals surface area (Å²) in [7, 11) is 5.84. The van der Waals surface area contributed by atoms with Crippen molar-refractivity contribution < 1.29 is 4.74 Å². The van der Waals surface area contributed by atoms with Crippen LogP contribution >= 0.6 is 0 Å². The quantitative estimate of drug-likeness (QED) is 0.767. The Morgan fingerprint density at radius 1 is 1.29 bits per heavy atom. The Hall–Kier alpha value is -1.22. The molecule has 0 heterocycles. The van der Waals surface area contributed by atoms with Crippen molar-refractivity contribution in [1.29, 1.82) is 0 Å². The highest BCUT2D eigenvalue weighted by Gasteiger charge is 2.11. The number of methoxy groups -OCH3 is 1. The van der Waals surface area contributed by atoms with Gasteiger partial charge in [-0.3, -0.25) is 0 Å². The summed E-state index contributed by atoms with van der Waals surface area (Å²) in [5.41, 5.74) is 3.66. The lowest BCUT2D eigenvalue weighted by molar-refractivity contribution is 0.411. The molecule has 0 spiro atoms. The van der Waals surface area contributed by atoms with Crippen LogP contribution in [0, 0.1) is 13.8 Å². The molecule has 96 valence electrons. The van der Waals surface area contributed by atoms with E-state index < -0.39 is 0 Å². The molecule has 0 saturated carbocycles. The van der Waals surface area contributed by atoms with Gasteiger partial charge in [0, 0.05) is 13.6 Å². The van der Waals surface area contributed by atoms with Crippen molar-refractivity contribution in [3.8, 4) is 5.75 Å². The highest BCUT2D eigenvalue weighted by atomic mass is 16.5. The van der Waals surface area contributed by atoms with E-state index in [1.807, 2.05) is 7.05 Å². The van der Waals surface area contributed by atoms with Gasteiger partial charge >= 0.3 is 0 Å². The van der Waals surface area contributed by atoms with Crippen molar-refractivity contribution in [3.05, 3.63) is 23.3 Å². The molecule has 1 rings (SSSR count). The second-order valence-electron chi connectivity index (χ2n) is 4.51. The number of hydrogen-bond donors (Lipinski definition) is 1. The van der Waals surface area contributed by atoms with Crippen LogP contribution in [0.5, 0.6) is 5.75 Å². The molecule has 1 N–H and O–H groups in total. The SMILES string of the molecule is CNCCCN(C)c1cc(C)cc(C)c1OC. The van der Waals surface area contributed by atoms with Crippen LogP contribution in [0.2, 0.25) is 0 Å². The van der Waals surface area contributed by atoms with Gasteiger partial charge in [-0.2, -0.15) is 0 Å². The molecule has 1 aromatic rings. The van der Waals surface area contributed by atoms with E-state index in [9.17, 15) is 0 Å². The maximum absolute atomic E-state index is 5.50. The Bertz CT molecular complexity index is 363. The molecule has 0 saturated heterocycles. The first kappa shape index (κ1) is 13.8. The zero-order valence-corrected chi connectivity index (χ0v) is 11.6. The van der Waals surface area contributed by atoms with Gasteiger partial charge in [0.05, 0.1) is 12.8 Å². The summed E-state index contributed by atoms with van der Waals surface area (Å²) in [5.74, 6) is 0.988. The standard InChI is InChI=1S/C14H24N2O/c1-11-9-12(2)14(17-5)13(10-11)16(4)8-6-7-15-3/h9-10,15H,6-8H2,1-5H3. The molecule has 3 nitrogen and oxygen atoms in total. The molecule has 0 aliphatic heterocycles. The zero-order chi connectivity index (χ0) is 12.8. The van der Waals surface area contributed by atoms with E-state index in [0.29, 0.717) is 0 Å². The van der Waals surface area contributed by atoms with Gasteiger partial charge in [0.15, 0.2) is 0 Å². The Morgan fingerprint density at radius 3 is 2.59 bits per heavy atom. The predicted octanol–water partition coefficient (Wildman–Crippen LogP) is 2.36. The molecule has 0 radical (unpaired) electrons. The fourth-order valence-corrected chi connectivity index (χ4v) is 2.09. The van der Waals surface area contributed by atoms with E-state index >= 15 is 0 Å². The minimum absolute atomic E-state index is 0.988. The van der Waals surface area contributed by atoms with Crippen LogP contribution in [0.25, 0.3) is 0 Å². The Morgan fingerprint density at radius 2 is 2.00 bits per heavy atom. The molecule has 1 aromatic carbocycles. The number of hydrogen-bond acceptors (Lipinski definition) is 3. The number of aryl methyl sites for hydroxylation is 2. The van der Waals surface area contributed by atoms with Gasteiger partial charge in [-0.25, -0.2) is 0 Å². The number of anilines is 1. The molecule has 0 fully saturated rings. The van der Waals surface area contributed by atoms with Gasteiger partial charge in [-0.15, -0.1) is 0 Å². The smallest absolute Gasteiger partial charge is 0.145 e. The van der Waals surface area contributed by atoms with E-state index in [-0.39, 0.29) is 0 Å². The third kappa shape index (κ3) is 3.63. The van der Waals surface area contributed by atoms with Gasteiger partial charge in [0.2, 0.25) is 0 Å². The predicted molar refractivity (Wildman–Crippen MR) is 74.3 cm³/mol. The first-order valence-electron chi connectivity index (χ1n) is 6.11. The van der Waals surface area contributed by atoms with Gasteiger partial charge in [-0.1, -0.05) is 6.07 Å². The minimum Gasteiger partial charge on any atom is -0.494 e. The Kier molecular flexibility index (Phi) is 5.29. The molecule has 0 amide bonds. The molecule has 0 bridgehead atoms. The average molecular weight is 236 g/mol. The molecule has 17 heavy (non-hydrogen) atoms. The molecule has 0 aliphatic rings. The fraction of sp³-hybridized carbons (Fsp3) is 0.571. The summed E-state index contributed by atoms with van der Waals surface area (Å²) in [5, 5.41) is 3.17.